The number of aliphatic hydroxyl groups excluding tert-OH is 1. The largest absolute Gasteiger partial charge is 0.616 e. The van der Waals surface area contributed by atoms with Gasteiger partial charge in [-0.15, -0.1) is 0 Å². The molecule has 4 aliphatic carbocycles. The molecule has 1 unspecified atom stereocenters. The maximum Gasteiger partial charge on any atom is 0.126 e. The van der Waals surface area contributed by atoms with Gasteiger partial charge in [0, 0.05) is 11.3 Å². The lowest BCUT2D eigenvalue weighted by molar-refractivity contribution is -0.0770. The van der Waals surface area contributed by atoms with Crippen molar-refractivity contribution in [3.8, 4) is 0 Å². The Labute approximate surface area is 194 Å². The second-order valence-electron chi connectivity index (χ2n) is 12.8. The van der Waals surface area contributed by atoms with Crippen molar-refractivity contribution in [3.05, 3.63) is 23.8 Å². The number of hydrogen-bond acceptors (Lipinski definition) is 2. The van der Waals surface area contributed by atoms with E-state index in [9.17, 15) is 9.66 Å². The Hall–Kier alpha value is -0.250. The van der Waals surface area contributed by atoms with Crippen LogP contribution in [-0.2, 0) is 11.2 Å². The van der Waals surface area contributed by atoms with Gasteiger partial charge in [0.05, 0.1) is 6.10 Å². The van der Waals surface area contributed by atoms with Crippen LogP contribution in [0.15, 0.2) is 23.8 Å². The molecule has 176 valence electrons. The van der Waals surface area contributed by atoms with Gasteiger partial charge in [0.1, 0.15) is 11.5 Å². The average Bonchev–Trinajstić information content (AvgIpc) is 3.02. The minimum Gasteiger partial charge on any atom is -0.616 e. The fourth-order valence-electron chi connectivity index (χ4n) is 9.11. The van der Waals surface area contributed by atoms with Crippen LogP contribution < -0.4 is 0 Å². The van der Waals surface area contributed by atoms with Crippen LogP contribution in [0, 0.1) is 45.8 Å². The quantitative estimate of drug-likeness (QED) is 0.386. The molecule has 3 saturated carbocycles. The normalized spacial score (nSPS) is 45.7. The third kappa shape index (κ3) is 3.79. The number of allylic oxidation sites excluding steroid dienone is 1. The lowest BCUT2D eigenvalue weighted by Crippen LogP contribution is -2.54. The molecule has 0 bridgehead atoms. The van der Waals surface area contributed by atoms with Crippen molar-refractivity contribution in [1.82, 2.24) is 0 Å². The zero-order chi connectivity index (χ0) is 22.8. The topological polar surface area (TPSA) is 43.3 Å². The van der Waals surface area contributed by atoms with Crippen molar-refractivity contribution >= 4 is 11.2 Å². The highest BCUT2D eigenvalue weighted by Gasteiger charge is 2.61. The fraction of sp³-hybridized carbons (Fsp3) is 0.857. The number of rotatable bonds is 5. The number of aliphatic hydroxyl groups is 1. The molecule has 3 fully saturated rings. The molecule has 2 nitrogen and oxygen atoms in total. The van der Waals surface area contributed by atoms with Gasteiger partial charge in [0.15, 0.2) is 0 Å². The zero-order valence-electron chi connectivity index (χ0n) is 20.9. The van der Waals surface area contributed by atoms with E-state index in [-0.39, 0.29) is 16.9 Å². The van der Waals surface area contributed by atoms with Crippen LogP contribution in [0.25, 0.3) is 0 Å². The minimum absolute atomic E-state index is 0.0845. The third-order valence-corrected chi connectivity index (χ3v) is 12.3. The van der Waals surface area contributed by atoms with Gasteiger partial charge in [-0.1, -0.05) is 52.8 Å². The van der Waals surface area contributed by atoms with Crippen molar-refractivity contribution in [2.75, 3.05) is 11.5 Å². The predicted octanol–water partition coefficient (Wildman–Crippen LogP) is 6.52. The van der Waals surface area contributed by atoms with Crippen LogP contribution in [0.2, 0.25) is 0 Å². The van der Waals surface area contributed by atoms with Crippen LogP contribution in [-0.4, -0.2) is 27.3 Å². The van der Waals surface area contributed by atoms with Crippen molar-refractivity contribution in [2.24, 2.45) is 45.8 Å². The van der Waals surface area contributed by atoms with Gasteiger partial charge in [-0.25, -0.2) is 0 Å². The SMILES string of the molecule is C=C(C)C[S+]([O-])C[C@@H](C)[C@H]1CC[C@H]2[C@@H]3CC=C4C(C)(C)[C@@H](O)CC[C@]4(C)[C@H]3CC[C@]12C. The molecule has 0 spiro atoms. The smallest absolute Gasteiger partial charge is 0.126 e. The Kier molecular flexibility index (Phi) is 6.32. The summed E-state index contributed by atoms with van der Waals surface area (Å²) in [4.78, 5) is 0. The molecule has 4 rings (SSSR count). The standard InChI is InChI=1S/C28H46O2S/c1-18(2)16-31(30)17-19(3)21-9-10-22-20-8-11-24-26(4,5)25(29)13-15-28(24,7)23(20)12-14-27(21,22)6/h11,19-23,25,29H,1,8-10,12-17H2,2-7H3/t19-,20+,21-,22+,23+,25+,27-,28-,31?/m1/s1. The third-order valence-electron chi connectivity index (χ3n) is 10.5. The molecule has 0 aliphatic heterocycles. The molecular formula is C28H46O2S. The summed E-state index contributed by atoms with van der Waals surface area (Å²) < 4.78 is 12.6. The Bertz CT molecular complexity index is 741. The van der Waals surface area contributed by atoms with Crippen LogP contribution in [0.3, 0.4) is 0 Å². The fourth-order valence-corrected chi connectivity index (χ4v) is 10.6. The van der Waals surface area contributed by atoms with Crippen LogP contribution in [0.1, 0.15) is 86.5 Å². The average molecular weight is 447 g/mol. The molecule has 0 radical (unpaired) electrons. The van der Waals surface area contributed by atoms with Gasteiger partial charge in [0.25, 0.3) is 0 Å². The molecule has 0 saturated heterocycles. The molecule has 3 heteroatoms. The van der Waals surface area contributed by atoms with E-state index in [4.69, 9.17) is 0 Å². The molecule has 0 aromatic carbocycles. The van der Waals surface area contributed by atoms with E-state index < -0.39 is 11.2 Å². The van der Waals surface area contributed by atoms with Gasteiger partial charge in [-0.3, -0.25) is 0 Å². The molecule has 0 amide bonds. The highest BCUT2D eigenvalue weighted by Crippen LogP contribution is 2.68. The van der Waals surface area contributed by atoms with Gasteiger partial charge < -0.3 is 9.66 Å². The summed E-state index contributed by atoms with van der Waals surface area (Å²) >= 11 is -0.772. The zero-order valence-corrected chi connectivity index (χ0v) is 21.7. The molecule has 9 atom stereocenters. The Morgan fingerprint density at radius 2 is 1.87 bits per heavy atom. The molecule has 4 aliphatic rings. The van der Waals surface area contributed by atoms with Crippen molar-refractivity contribution in [3.63, 3.8) is 0 Å². The summed E-state index contributed by atoms with van der Waals surface area (Å²) in [6.45, 7) is 18.0. The summed E-state index contributed by atoms with van der Waals surface area (Å²) in [6.07, 6.45) is 11.0. The summed E-state index contributed by atoms with van der Waals surface area (Å²) in [5.41, 5.74) is 3.18. The lowest BCUT2D eigenvalue weighted by atomic mass is 9.44. The van der Waals surface area contributed by atoms with Crippen LogP contribution >= 0.6 is 0 Å². The molecule has 31 heavy (non-hydrogen) atoms. The number of hydrogen-bond donors (Lipinski definition) is 1. The molecule has 0 aromatic heterocycles. The van der Waals surface area contributed by atoms with E-state index in [1.54, 1.807) is 5.57 Å². The van der Waals surface area contributed by atoms with Crippen LogP contribution in [0.4, 0.5) is 0 Å². The van der Waals surface area contributed by atoms with Gasteiger partial charge >= 0.3 is 0 Å². The van der Waals surface area contributed by atoms with E-state index >= 15 is 0 Å². The van der Waals surface area contributed by atoms with E-state index in [1.165, 1.54) is 32.1 Å². The number of fused-ring (bicyclic) bond motifs is 5. The molecule has 0 heterocycles. The molecular weight excluding hydrogens is 400 g/mol. The van der Waals surface area contributed by atoms with Crippen molar-refractivity contribution in [1.29, 1.82) is 0 Å². The van der Waals surface area contributed by atoms with Gasteiger partial charge in [-0.2, -0.15) is 0 Å². The summed E-state index contributed by atoms with van der Waals surface area (Å²) in [6, 6.07) is 0. The van der Waals surface area contributed by atoms with Crippen molar-refractivity contribution in [2.45, 2.75) is 92.6 Å². The van der Waals surface area contributed by atoms with Crippen LogP contribution in [0.5, 0.6) is 0 Å². The summed E-state index contributed by atoms with van der Waals surface area (Å²) in [7, 11) is 0. The highest BCUT2D eigenvalue weighted by molar-refractivity contribution is 7.91. The highest BCUT2D eigenvalue weighted by atomic mass is 32.2. The van der Waals surface area contributed by atoms with Gasteiger partial charge in [0.2, 0.25) is 0 Å². The first-order chi connectivity index (χ1) is 14.4. The Balaban J connectivity index is 1.55. The molecule has 1 N–H and O–H groups in total. The van der Waals surface area contributed by atoms with E-state index in [1.807, 2.05) is 6.92 Å². The second-order valence-corrected chi connectivity index (χ2v) is 14.3. The first kappa shape index (κ1) is 23.9. The Morgan fingerprint density at radius 1 is 1.16 bits per heavy atom. The summed E-state index contributed by atoms with van der Waals surface area (Å²) in [5.74, 6) is 5.09. The lowest BCUT2D eigenvalue weighted by Gasteiger charge is -2.61. The van der Waals surface area contributed by atoms with E-state index in [0.717, 1.165) is 41.9 Å². The summed E-state index contributed by atoms with van der Waals surface area (Å²) in [5, 5.41) is 10.7. The van der Waals surface area contributed by atoms with E-state index in [0.29, 0.717) is 23.0 Å². The molecule has 0 aromatic rings. The maximum atomic E-state index is 12.6. The predicted molar refractivity (Wildman–Crippen MR) is 132 cm³/mol. The van der Waals surface area contributed by atoms with Gasteiger partial charge in [-0.05, 0) is 103 Å². The Morgan fingerprint density at radius 3 is 2.55 bits per heavy atom. The second kappa shape index (κ2) is 8.20. The minimum atomic E-state index is -0.772. The van der Waals surface area contributed by atoms with E-state index in [2.05, 4.69) is 47.3 Å². The maximum absolute atomic E-state index is 12.6. The first-order valence-corrected chi connectivity index (χ1v) is 14.3. The monoisotopic (exact) mass is 446 g/mol. The first-order valence-electron chi connectivity index (χ1n) is 12.8. The van der Waals surface area contributed by atoms with Crippen molar-refractivity contribution < 1.29 is 9.66 Å².